The van der Waals surface area contributed by atoms with Crippen LogP contribution in [0.1, 0.15) is 31.6 Å². The van der Waals surface area contributed by atoms with Crippen molar-refractivity contribution in [2.45, 2.75) is 31.8 Å². The zero-order valence-electron chi connectivity index (χ0n) is 11.0. The fraction of sp³-hybridized carbons (Fsp3) is 0.417. The molecule has 5 N–H and O–H groups in total. The second-order valence-corrected chi connectivity index (χ2v) is 4.25. The molecule has 0 radical (unpaired) electrons. The van der Waals surface area contributed by atoms with Gasteiger partial charge in [0.15, 0.2) is 0 Å². The van der Waals surface area contributed by atoms with Crippen LogP contribution in [-0.2, 0) is 9.59 Å². The van der Waals surface area contributed by atoms with Crippen LogP contribution in [-0.4, -0.2) is 29.1 Å². The lowest BCUT2D eigenvalue weighted by atomic mass is 10.1. The van der Waals surface area contributed by atoms with E-state index in [1.165, 1.54) is 6.26 Å². The van der Waals surface area contributed by atoms with Gasteiger partial charge in [-0.1, -0.05) is 0 Å². The van der Waals surface area contributed by atoms with Crippen LogP contribution in [0, 0.1) is 0 Å². The molecule has 0 spiro atoms. The number of nitrogens with one attached hydrogen (secondary N) is 2. The molecule has 2 unspecified atom stereocenters. The normalized spacial score (nSPS) is 13.2. The molecule has 0 saturated heterocycles. The van der Waals surface area contributed by atoms with Crippen molar-refractivity contribution in [2.24, 2.45) is 5.73 Å². The number of carboxylic acid groups (broad SMARTS) is 1. The molecule has 0 aliphatic rings. The summed E-state index contributed by atoms with van der Waals surface area (Å²) in [5.41, 5.74) is 4.94. The Kier molecular flexibility index (Phi) is 5.57. The second kappa shape index (κ2) is 7.17. The summed E-state index contributed by atoms with van der Waals surface area (Å²) in [4.78, 5) is 33.2. The standard InChI is InChI=1S/C12H17N3O5/c1-7(9-3-2-6-20-9)14-12(19)15-8(11(17)18)4-5-10(13)16/h2-3,6-8H,4-5H2,1H3,(H2,13,16)(H,17,18)(H2,14,15,19). The van der Waals surface area contributed by atoms with Crippen LogP contribution in [0.15, 0.2) is 22.8 Å². The van der Waals surface area contributed by atoms with Gasteiger partial charge in [-0.3, -0.25) is 4.79 Å². The van der Waals surface area contributed by atoms with Crippen molar-refractivity contribution in [3.8, 4) is 0 Å². The van der Waals surface area contributed by atoms with Crippen molar-refractivity contribution >= 4 is 17.9 Å². The number of urea groups is 1. The average molecular weight is 283 g/mol. The quantitative estimate of drug-likeness (QED) is 0.573. The molecule has 110 valence electrons. The summed E-state index contributed by atoms with van der Waals surface area (Å²) in [7, 11) is 0. The summed E-state index contributed by atoms with van der Waals surface area (Å²) < 4.78 is 5.11. The highest BCUT2D eigenvalue weighted by atomic mass is 16.4. The predicted molar refractivity (Wildman–Crippen MR) is 68.6 cm³/mol. The molecule has 0 fully saturated rings. The van der Waals surface area contributed by atoms with Gasteiger partial charge in [-0.2, -0.15) is 0 Å². The Hall–Kier alpha value is -2.51. The molecule has 8 nitrogen and oxygen atoms in total. The van der Waals surface area contributed by atoms with Crippen LogP contribution < -0.4 is 16.4 Å². The highest BCUT2D eigenvalue weighted by Gasteiger charge is 2.21. The summed E-state index contributed by atoms with van der Waals surface area (Å²) in [6.45, 7) is 1.69. The number of carbonyl (C=O) groups is 3. The van der Waals surface area contributed by atoms with Crippen molar-refractivity contribution in [3.63, 3.8) is 0 Å². The van der Waals surface area contributed by atoms with E-state index in [-0.39, 0.29) is 12.8 Å². The number of carbonyl (C=O) groups excluding carboxylic acids is 2. The monoisotopic (exact) mass is 283 g/mol. The number of amides is 3. The lowest BCUT2D eigenvalue weighted by molar-refractivity contribution is -0.139. The fourth-order valence-corrected chi connectivity index (χ4v) is 1.55. The van der Waals surface area contributed by atoms with Crippen molar-refractivity contribution in [3.05, 3.63) is 24.2 Å². The first-order valence-electron chi connectivity index (χ1n) is 6.01. The first-order valence-corrected chi connectivity index (χ1v) is 6.01. The maximum absolute atomic E-state index is 11.7. The minimum Gasteiger partial charge on any atom is -0.480 e. The first kappa shape index (κ1) is 15.5. The van der Waals surface area contributed by atoms with Gasteiger partial charge in [-0.25, -0.2) is 9.59 Å². The molecule has 2 atom stereocenters. The third-order valence-corrected chi connectivity index (χ3v) is 2.60. The van der Waals surface area contributed by atoms with E-state index in [4.69, 9.17) is 15.3 Å². The molecule has 1 rings (SSSR count). The predicted octanol–water partition coefficient (Wildman–Crippen LogP) is 0.359. The van der Waals surface area contributed by atoms with Gasteiger partial charge >= 0.3 is 12.0 Å². The Morgan fingerprint density at radius 2 is 2.10 bits per heavy atom. The minimum absolute atomic E-state index is 0.0623. The number of primary amides is 1. The summed E-state index contributed by atoms with van der Waals surface area (Å²) in [5.74, 6) is -1.31. The van der Waals surface area contributed by atoms with Gasteiger partial charge in [0.05, 0.1) is 12.3 Å². The zero-order valence-corrected chi connectivity index (χ0v) is 11.0. The van der Waals surface area contributed by atoms with Crippen molar-refractivity contribution in [1.29, 1.82) is 0 Å². The van der Waals surface area contributed by atoms with Gasteiger partial charge < -0.3 is 25.9 Å². The van der Waals surface area contributed by atoms with E-state index < -0.39 is 30.0 Å². The maximum atomic E-state index is 11.7. The molecular weight excluding hydrogens is 266 g/mol. The number of hydrogen-bond acceptors (Lipinski definition) is 4. The molecular formula is C12H17N3O5. The number of nitrogens with two attached hydrogens (primary N) is 1. The summed E-state index contributed by atoms with van der Waals surface area (Å²) in [6, 6.07) is 1.12. The molecule has 0 saturated carbocycles. The van der Waals surface area contributed by atoms with Gasteiger partial charge in [-0.15, -0.1) is 0 Å². The van der Waals surface area contributed by atoms with E-state index in [0.717, 1.165) is 0 Å². The largest absolute Gasteiger partial charge is 0.480 e. The average Bonchev–Trinajstić information content (AvgIpc) is 2.87. The van der Waals surface area contributed by atoms with Gasteiger partial charge in [-0.05, 0) is 25.5 Å². The highest BCUT2D eigenvalue weighted by Crippen LogP contribution is 2.11. The second-order valence-electron chi connectivity index (χ2n) is 4.25. The molecule has 0 aliphatic heterocycles. The van der Waals surface area contributed by atoms with E-state index in [0.29, 0.717) is 5.76 Å². The molecule has 1 aromatic heterocycles. The number of aliphatic carboxylic acids is 1. The molecule has 8 heteroatoms. The molecule has 1 heterocycles. The Labute approximate surface area is 115 Å². The van der Waals surface area contributed by atoms with Crippen LogP contribution >= 0.6 is 0 Å². The lowest BCUT2D eigenvalue weighted by Gasteiger charge is -2.17. The van der Waals surface area contributed by atoms with Crippen molar-refractivity contribution in [2.75, 3.05) is 0 Å². The van der Waals surface area contributed by atoms with Crippen molar-refractivity contribution < 1.29 is 23.9 Å². The maximum Gasteiger partial charge on any atom is 0.326 e. The van der Waals surface area contributed by atoms with E-state index in [1.807, 2.05) is 0 Å². The number of furan rings is 1. The minimum atomic E-state index is -1.23. The van der Waals surface area contributed by atoms with Gasteiger partial charge in [0.1, 0.15) is 11.8 Å². The van der Waals surface area contributed by atoms with Crippen LogP contribution in [0.2, 0.25) is 0 Å². The summed E-state index contributed by atoms with van der Waals surface area (Å²) in [6.07, 6.45) is 1.29. The number of hydrogen-bond donors (Lipinski definition) is 4. The Morgan fingerprint density at radius 1 is 1.40 bits per heavy atom. The van der Waals surface area contributed by atoms with E-state index in [1.54, 1.807) is 19.1 Å². The fourth-order valence-electron chi connectivity index (χ4n) is 1.55. The van der Waals surface area contributed by atoms with Gasteiger partial charge in [0.25, 0.3) is 0 Å². The molecule has 0 aliphatic carbocycles. The Bertz CT molecular complexity index is 471. The van der Waals surface area contributed by atoms with Crippen LogP contribution in [0.3, 0.4) is 0 Å². The van der Waals surface area contributed by atoms with Crippen LogP contribution in [0.4, 0.5) is 4.79 Å². The SMILES string of the molecule is CC(NC(=O)NC(CCC(N)=O)C(=O)O)c1ccco1. The van der Waals surface area contributed by atoms with E-state index in [2.05, 4.69) is 10.6 Å². The molecule has 3 amide bonds. The number of carboxylic acids is 1. The van der Waals surface area contributed by atoms with Crippen molar-refractivity contribution in [1.82, 2.24) is 10.6 Å². The van der Waals surface area contributed by atoms with E-state index >= 15 is 0 Å². The van der Waals surface area contributed by atoms with Gasteiger partial charge in [0.2, 0.25) is 5.91 Å². The third-order valence-electron chi connectivity index (χ3n) is 2.60. The smallest absolute Gasteiger partial charge is 0.326 e. The summed E-state index contributed by atoms with van der Waals surface area (Å²) in [5, 5.41) is 13.7. The Morgan fingerprint density at radius 3 is 2.60 bits per heavy atom. The van der Waals surface area contributed by atoms with Crippen LogP contribution in [0.25, 0.3) is 0 Å². The number of rotatable bonds is 7. The molecule has 0 aromatic carbocycles. The lowest BCUT2D eigenvalue weighted by Crippen LogP contribution is -2.46. The topological polar surface area (TPSA) is 135 Å². The Balaban J connectivity index is 2.49. The van der Waals surface area contributed by atoms with Gasteiger partial charge in [0, 0.05) is 6.42 Å². The highest BCUT2D eigenvalue weighted by molar-refractivity contribution is 5.83. The summed E-state index contributed by atoms with van der Waals surface area (Å²) >= 11 is 0. The zero-order chi connectivity index (χ0) is 15.1. The molecule has 1 aromatic rings. The first-order chi connectivity index (χ1) is 9.40. The third kappa shape index (κ3) is 5.01. The van der Waals surface area contributed by atoms with E-state index in [9.17, 15) is 14.4 Å². The molecule has 0 bridgehead atoms. The van der Waals surface area contributed by atoms with Crippen LogP contribution in [0.5, 0.6) is 0 Å². The molecule has 20 heavy (non-hydrogen) atoms.